The molecule has 1 amide bonds. The summed E-state index contributed by atoms with van der Waals surface area (Å²) >= 11 is 11.8. The van der Waals surface area contributed by atoms with E-state index in [1.165, 1.54) is 6.08 Å². The molecule has 1 aliphatic heterocycles. The summed E-state index contributed by atoms with van der Waals surface area (Å²) in [6.45, 7) is 4.40. The summed E-state index contributed by atoms with van der Waals surface area (Å²) in [7, 11) is 0. The molecule has 1 aromatic rings. The third kappa shape index (κ3) is 4.80. The fourth-order valence-electron chi connectivity index (χ4n) is 1.92. The minimum absolute atomic E-state index is 0.130. The SMILES string of the molecule is O=C(/C=C/c1ccc(Cl)cc1Cl)NCN1CCNCC1. The van der Waals surface area contributed by atoms with E-state index in [-0.39, 0.29) is 5.91 Å². The van der Waals surface area contributed by atoms with Crippen molar-refractivity contribution in [2.45, 2.75) is 0 Å². The Hall–Kier alpha value is -1.07. The molecule has 108 valence electrons. The van der Waals surface area contributed by atoms with Crippen LogP contribution in [0.25, 0.3) is 6.08 Å². The van der Waals surface area contributed by atoms with E-state index in [4.69, 9.17) is 23.2 Å². The van der Waals surface area contributed by atoms with Gasteiger partial charge in [-0.15, -0.1) is 0 Å². The molecule has 2 N–H and O–H groups in total. The van der Waals surface area contributed by atoms with Gasteiger partial charge in [0, 0.05) is 42.3 Å². The first-order chi connectivity index (χ1) is 9.65. The molecule has 4 nitrogen and oxygen atoms in total. The highest BCUT2D eigenvalue weighted by atomic mass is 35.5. The molecule has 0 bridgehead atoms. The molecule has 0 unspecified atom stereocenters. The molecule has 1 heterocycles. The van der Waals surface area contributed by atoms with E-state index in [0.717, 1.165) is 31.7 Å². The van der Waals surface area contributed by atoms with Crippen molar-refractivity contribution in [2.75, 3.05) is 32.8 Å². The Labute approximate surface area is 128 Å². The lowest BCUT2D eigenvalue weighted by Gasteiger charge is -2.26. The first-order valence-electron chi connectivity index (χ1n) is 6.49. The lowest BCUT2D eigenvalue weighted by molar-refractivity contribution is -0.117. The smallest absolute Gasteiger partial charge is 0.245 e. The van der Waals surface area contributed by atoms with Gasteiger partial charge in [-0.3, -0.25) is 9.69 Å². The van der Waals surface area contributed by atoms with Crippen LogP contribution in [-0.4, -0.2) is 43.7 Å². The zero-order valence-electron chi connectivity index (χ0n) is 11.0. The Bertz CT molecular complexity index is 499. The fourth-order valence-corrected chi connectivity index (χ4v) is 2.39. The van der Waals surface area contributed by atoms with E-state index in [9.17, 15) is 4.79 Å². The van der Waals surface area contributed by atoms with Gasteiger partial charge in [-0.05, 0) is 23.8 Å². The zero-order chi connectivity index (χ0) is 14.4. The molecule has 6 heteroatoms. The Kier molecular flexibility index (Phi) is 5.86. The highest BCUT2D eigenvalue weighted by Crippen LogP contribution is 2.21. The molecule has 0 radical (unpaired) electrons. The molecule has 0 atom stereocenters. The number of amides is 1. The summed E-state index contributed by atoms with van der Waals surface area (Å²) in [5.74, 6) is -0.130. The predicted molar refractivity (Wildman–Crippen MR) is 82.9 cm³/mol. The molecule has 20 heavy (non-hydrogen) atoms. The van der Waals surface area contributed by atoms with Crippen molar-refractivity contribution in [3.8, 4) is 0 Å². The number of hydrogen-bond acceptors (Lipinski definition) is 3. The average molecular weight is 314 g/mol. The highest BCUT2D eigenvalue weighted by molar-refractivity contribution is 6.35. The van der Waals surface area contributed by atoms with E-state index in [2.05, 4.69) is 15.5 Å². The Morgan fingerprint density at radius 3 is 2.80 bits per heavy atom. The van der Waals surface area contributed by atoms with Gasteiger partial charge in [0.2, 0.25) is 5.91 Å². The number of carbonyl (C=O) groups is 1. The van der Waals surface area contributed by atoms with Crippen LogP contribution < -0.4 is 10.6 Å². The molecule has 0 saturated carbocycles. The molecular weight excluding hydrogens is 297 g/mol. The summed E-state index contributed by atoms with van der Waals surface area (Å²) in [6, 6.07) is 5.18. The van der Waals surface area contributed by atoms with Gasteiger partial charge in [0.15, 0.2) is 0 Å². The van der Waals surface area contributed by atoms with Crippen LogP contribution >= 0.6 is 23.2 Å². The average Bonchev–Trinajstić information content (AvgIpc) is 2.45. The minimum atomic E-state index is -0.130. The van der Waals surface area contributed by atoms with Crippen LogP contribution in [0.15, 0.2) is 24.3 Å². The van der Waals surface area contributed by atoms with Crippen LogP contribution in [-0.2, 0) is 4.79 Å². The lowest BCUT2D eigenvalue weighted by Crippen LogP contribution is -2.47. The van der Waals surface area contributed by atoms with Gasteiger partial charge in [-0.2, -0.15) is 0 Å². The van der Waals surface area contributed by atoms with Crippen molar-refractivity contribution in [2.24, 2.45) is 0 Å². The predicted octanol–water partition coefficient (Wildman–Crippen LogP) is 1.99. The van der Waals surface area contributed by atoms with Crippen molar-refractivity contribution in [1.29, 1.82) is 0 Å². The largest absolute Gasteiger partial charge is 0.340 e. The van der Waals surface area contributed by atoms with Crippen LogP contribution in [0, 0.1) is 0 Å². The topological polar surface area (TPSA) is 44.4 Å². The van der Waals surface area contributed by atoms with Gasteiger partial charge < -0.3 is 10.6 Å². The monoisotopic (exact) mass is 313 g/mol. The van der Waals surface area contributed by atoms with Crippen molar-refractivity contribution in [3.05, 3.63) is 39.9 Å². The van der Waals surface area contributed by atoms with E-state index < -0.39 is 0 Å². The molecule has 0 aliphatic carbocycles. The number of piperazine rings is 1. The molecule has 0 aromatic heterocycles. The molecule has 1 aliphatic rings. The maximum atomic E-state index is 11.7. The molecule has 1 aromatic carbocycles. The summed E-state index contributed by atoms with van der Waals surface area (Å²) in [5, 5.41) is 7.23. The van der Waals surface area contributed by atoms with Crippen molar-refractivity contribution in [1.82, 2.24) is 15.5 Å². The number of rotatable bonds is 4. The zero-order valence-corrected chi connectivity index (χ0v) is 12.5. The van der Waals surface area contributed by atoms with Crippen molar-refractivity contribution in [3.63, 3.8) is 0 Å². The van der Waals surface area contributed by atoms with E-state index >= 15 is 0 Å². The van der Waals surface area contributed by atoms with Crippen molar-refractivity contribution >= 4 is 35.2 Å². The van der Waals surface area contributed by atoms with E-state index in [0.29, 0.717) is 16.7 Å². The van der Waals surface area contributed by atoms with Crippen LogP contribution in [0.5, 0.6) is 0 Å². The van der Waals surface area contributed by atoms with Gasteiger partial charge >= 0.3 is 0 Å². The third-order valence-corrected chi connectivity index (χ3v) is 3.63. The Balaban J connectivity index is 1.82. The normalized spacial score (nSPS) is 16.5. The number of nitrogens with one attached hydrogen (secondary N) is 2. The minimum Gasteiger partial charge on any atom is -0.340 e. The van der Waals surface area contributed by atoms with Gasteiger partial charge in [-0.25, -0.2) is 0 Å². The van der Waals surface area contributed by atoms with Crippen LogP contribution in [0.2, 0.25) is 10.0 Å². The maximum absolute atomic E-state index is 11.7. The fraction of sp³-hybridized carbons (Fsp3) is 0.357. The first kappa shape index (κ1) is 15.3. The first-order valence-corrected chi connectivity index (χ1v) is 7.25. The quantitative estimate of drug-likeness (QED) is 0.836. The summed E-state index contributed by atoms with van der Waals surface area (Å²) < 4.78 is 0. The Morgan fingerprint density at radius 1 is 1.35 bits per heavy atom. The second-order valence-corrected chi connectivity index (χ2v) is 5.41. The standard InChI is InChI=1S/C14H17Cl2N3O/c15-12-3-1-11(13(16)9-12)2-4-14(20)18-10-19-7-5-17-6-8-19/h1-4,9,17H,5-8,10H2,(H,18,20)/b4-2+. The second kappa shape index (κ2) is 7.64. The summed E-state index contributed by atoms with van der Waals surface area (Å²) in [4.78, 5) is 13.9. The van der Waals surface area contributed by atoms with Gasteiger partial charge in [0.25, 0.3) is 0 Å². The van der Waals surface area contributed by atoms with E-state index in [1.54, 1.807) is 24.3 Å². The van der Waals surface area contributed by atoms with Crippen LogP contribution in [0.1, 0.15) is 5.56 Å². The Morgan fingerprint density at radius 2 is 2.10 bits per heavy atom. The van der Waals surface area contributed by atoms with Gasteiger partial charge in [0.05, 0.1) is 6.67 Å². The maximum Gasteiger partial charge on any atom is 0.245 e. The molecule has 1 saturated heterocycles. The third-order valence-electron chi connectivity index (χ3n) is 3.06. The number of halogens is 2. The number of benzene rings is 1. The molecule has 2 rings (SSSR count). The number of hydrogen-bond donors (Lipinski definition) is 2. The van der Waals surface area contributed by atoms with Crippen LogP contribution in [0.3, 0.4) is 0 Å². The second-order valence-electron chi connectivity index (χ2n) is 4.57. The molecule has 0 spiro atoms. The van der Waals surface area contributed by atoms with Gasteiger partial charge in [-0.1, -0.05) is 29.3 Å². The molecular formula is C14H17Cl2N3O. The van der Waals surface area contributed by atoms with Crippen LogP contribution in [0.4, 0.5) is 0 Å². The van der Waals surface area contributed by atoms with E-state index in [1.807, 2.05) is 0 Å². The highest BCUT2D eigenvalue weighted by Gasteiger charge is 2.09. The summed E-state index contributed by atoms with van der Waals surface area (Å²) in [5.41, 5.74) is 0.772. The van der Waals surface area contributed by atoms with Crippen molar-refractivity contribution < 1.29 is 4.79 Å². The number of nitrogens with zero attached hydrogens (tertiary/aromatic N) is 1. The number of carbonyl (C=O) groups excluding carboxylic acids is 1. The summed E-state index contributed by atoms with van der Waals surface area (Å²) in [6.07, 6.45) is 3.17. The molecule has 1 fully saturated rings. The van der Waals surface area contributed by atoms with Gasteiger partial charge in [0.1, 0.15) is 0 Å². The lowest BCUT2D eigenvalue weighted by atomic mass is 10.2.